The number of nitrogens with one attached hydrogen (secondary N) is 1. The number of carbonyl (C=O) groups is 1. The minimum absolute atomic E-state index is 0.00251. The van der Waals surface area contributed by atoms with E-state index in [0.29, 0.717) is 37.1 Å². The number of fused-ring (bicyclic) bond motifs is 2. The topological polar surface area (TPSA) is 61.8 Å². The van der Waals surface area contributed by atoms with Crippen LogP contribution in [0, 0.1) is 5.92 Å². The quantitative estimate of drug-likeness (QED) is 0.295. The normalized spacial score (nSPS) is 27.5. The van der Waals surface area contributed by atoms with Crippen molar-refractivity contribution in [3.05, 3.63) is 71.3 Å². The molecule has 5 atom stereocenters. The molecule has 2 heterocycles. The van der Waals surface area contributed by atoms with Crippen molar-refractivity contribution in [2.24, 2.45) is 5.92 Å². The molecule has 11 heteroatoms. The summed E-state index contributed by atoms with van der Waals surface area (Å²) in [7, 11) is 0. The van der Waals surface area contributed by atoms with E-state index in [2.05, 4.69) is 11.9 Å². The molecule has 1 amide bonds. The van der Waals surface area contributed by atoms with Crippen molar-refractivity contribution in [1.29, 1.82) is 0 Å². The number of piperazine rings is 1. The van der Waals surface area contributed by atoms with Crippen LogP contribution in [0.1, 0.15) is 56.4 Å². The number of alkyl halides is 6. The van der Waals surface area contributed by atoms with E-state index in [1.165, 1.54) is 6.92 Å². The van der Waals surface area contributed by atoms with Gasteiger partial charge in [0, 0.05) is 12.5 Å². The standard InChI is InChI=1S/C28H34F6N2O3/c1-5-6-7-8-18(2)19(3)26(10-9-25(16-37)15-36(26)14-24(38)35-25)17-39-20(4)21-11-22(27(29,30)31)13-23(12-21)28(32,33)34/h5-8,11-13,19-20,37H,2,9-10,14-17H2,1,3-4H3,(H,35,38)/b6-5-,8-7-/t19-,20+,25+,26+/m0/s1. The first-order chi connectivity index (χ1) is 18.1. The molecule has 2 fully saturated rings. The lowest BCUT2D eigenvalue weighted by Crippen LogP contribution is -2.75. The van der Waals surface area contributed by atoms with Gasteiger partial charge in [0.2, 0.25) is 5.91 Å². The average Bonchev–Trinajstić information content (AvgIpc) is 2.86. The number of allylic oxidation sites excluding steroid dienone is 4. The Morgan fingerprint density at radius 3 is 2.28 bits per heavy atom. The first-order valence-corrected chi connectivity index (χ1v) is 12.6. The van der Waals surface area contributed by atoms with E-state index < -0.39 is 40.7 Å². The van der Waals surface area contributed by atoms with Crippen LogP contribution in [0.25, 0.3) is 0 Å². The molecule has 2 N–H and O–H groups in total. The van der Waals surface area contributed by atoms with Gasteiger partial charge in [0.05, 0.1) is 48.1 Å². The van der Waals surface area contributed by atoms with E-state index in [0.717, 1.165) is 0 Å². The number of aliphatic hydroxyl groups is 1. The summed E-state index contributed by atoms with van der Waals surface area (Å²) in [6.45, 7) is 9.28. The van der Waals surface area contributed by atoms with Crippen LogP contribution >= 0.6 is 0 Å². The third kappa shape index (κ3) is 6.75. The number of rotatable bonds is 9. The highest BCUT2D eigenvalue weighted by Gasteiger charge is 2.54. The van der Waals surface area contributed by atoms with Crippen molar-refractivity contribution in [2.45, 2.75) is 63.1 Å². The van der Waals surface area contributed by atoms with Gasteiger partial charge in [-0.2, -0.15) is 26.3 Å². The summed E-state index contributed by atoms with van der Waals surface area (Å²) < 4.78 is 86.5. The van der Waals surface area contributed by atoms with E-state index in [9.17, 15) is 36.2 Å². The molecule has 1 unspecified atom stereocenters. The highest BCUT2D eigenvalue weighted by molar-refractivity contribution is 5.80. The van der Waals surface area contributed by atoms with Gasteiger partial charge in [-0.1, -0.05) is 43.4 Å². The Balaban J connectivity index is 1.97. The first-order valence-electron chi connectivity index (χ1n) is 12.6. The number of hydrogen-bond donors (Lipinski definition) is 2. The predicted molar refractivity (Wildman–Crippen MR) is 135 cm³/mol. The fourth-order valence-corrected chi connectivity index (χ4v) is 5.35. The Kier molecular flexibility index (Phi) is 9.08. The molecule has 1 aromatic carbocycles. The second kappa shape index (κ2) is 11.5. The number of benzene rings is 1. The molecule has 0 radical (unpaired) electrons. The van der Waals surface area contributed by atoms with Crippen LogP contribution in [0.5, 0.6) is 0 Å². The van der Waals surface area contributed by atoms with Crippen LogP contribution < -0.4 is 5.32 Å². The summed E-state index contributed by atoms with van der Waals surface area (Å²) >= 11 is 0. The molecule has 216 valence electrons. The monoisotopic (exact) mass is 560 g/mol. The minimum atomic E-state index is -4.97. The Labute approximate surface area is 224 Å². The Bertz CT molecular complexity index is 1100. The molecule has 2 aliphatic heterocycles. The van der Waals surface area contributed by atoms with Gasteiger partial charge in [-0.15, -0.1) is 0 Å². The maximum atomic E-state index is 13.4. The van der Waals surface area contributed by atoms with Crippen molar-refractivity contribution in [2.75, 3.05) is 26.3 Å². The van der Waals surface area contributed by atoms with Crippen molar-refractivity contribution >= 4 is 5.91 Å². The van der Waals surface area contributed by atoms with E-state index in [4.69, 9.17) is 4.74 Å². The molecule has 2 saturated heterocycles. The zero-order chi connectivity index (χ0) is 29.2. The van der Waals surface area contributed by atoms with Crippen LogP contribution in [0.15, 0.2) is 54.7 Å². The Hall–Kier alpha value is -2.63. The molecule has 5 nitrogen and oxygen atoms in total. The first kappa shape index (κ1) is 30.9. The van der Waals surface area contributed by atoms with Crippen LogP contribution in [0.3, 0.4) is 0 Å². The van der Waals surface area contributed by atoms with Gasteiger partial charge in [0.25, 0.3) is 0 Å². The summed E-state index contributed by atoms with van der Waals surface area (Å²) in [6.07, 6.45) is -2.94. The van der Waals surface area contributed by atoms with Crippen LogP contribution in [0.2, 0.25) is 0 Å². The summed E-state index contributed by atoms with van der Waals surface area (Å²) in [4.78, 5) is 14.5. The maximum absolute atomic E-state index is 13.4. The van der Waals surface area contributed by atoms with Gasteiger partial charge in [0.1, 0.15) is 0 Å². The molecule has 0 aromatic heterocycles. The van der Waals surface area contributed by atoms with Crippen molar-refractivity contribution in [3.63, 3.8) is 0 Å². The number of ether oxygens (including phenoxy) is 1. The molecule has 0 saturated carbocycles. The average molecular weight is 561 g/mol. The highest BCUT2D eigenvalue weighted by atomic mass is 19.4. The third-order valence-corrected chi connectivity index (χ3v) is 7.84. The molecule has 1 aromatic rings. The Morgan fingerprint density at radius 2 is 1.74 bits per heavy atom. The fraction of sp³-hybridized carbons (Fsp3) is 0.536. The van der Waals surface area contributed by atoms with Gasteiger partial charge >= 0.3 is 12.4 Å². The largest absolute Gasteiger partial charge is 0.416 e. The van der Waals surface area contributed by atoms with Crippen molar-refractivity contribution in [3.8, 4) is 0 Å². The second-order valence-corrected chi connectivity index (χ2v) is 10.4. The zero-order valence-electron chi connectivity index (χ0n) is 22.1. The molecule has 2 aliphatic rings. The lowest BCUT2D eigenvalue weighted by atomic mass is 9.69. The van der Waals surface area contributed by atoms with Gasteiger partial charge in [-0.3, -0.25) is 9.69 Å². The molecule has 3 rings (SSSR count). The summed E-state index contributed by atoms with van der Waals surface area (Å²) in [5.41, 5.74) is -4.06. The highest BCUT2D eigenvalue weighted by Crippen LogP contribution is 2.44. The summed E-state index contributed by atoms with van der Waals surface area (Å²) in [5.74, 6) is -0.594. The number of amides is 1. The number of nitrogens with zero attached hydrogens (tertiary/aromatic N) is 1. The summed E-state index contributed by atoms with van der Waals surface area (Å²) in [5, 5.41) is 12.9. The second-order valence-electron chi connectivity index (χ2n) is 10.4. The van der Waals surface area contributed by atoms with E-state index in [1.54, 1.807) is 6.08 Å². The smallest absolute Gasteiger partial charge is 0.394 e. The number of piperidine rings is 1. The van der Waals surface area contributed by atoms with Gasteiger partial charge in [-0.25, -0.2) is 0 Å². The third-order valence-electron chi connectivity index (χ3n) is 7.84. The number of hydrogen-bond acceptors (Lipinski definition) is 4. The fourth-order valence-electron chi connectivity index (χ4n) is 5.35. The van der Waals surface area contributed by atoms with Crippen molar-refractivity contribution < 1.29 is 41.0 Å². The van der Waals surface area contributed by atoms with Crippen molar-refractivity contribution in [1.82, 2.24) is 10.2 Å². The van der Waals surface area contributed by atoms with Crippen LogP contribution in [-0.4, -0.2) is 53.3 Å². The van der Waals surface area contributed by atoms with Gasteiger partial charge < -0.3 is 15.2 Å². The molecular weight excluding hydrogens is 526 g/mol. The molecule has 2 bridgehead atoms. The van der Waals surface area contributed by atoms with Gasteiger partial charge in [-0.05, 0) is 50.5 Å². The van der Waals surface area contributed by atoms with E-state index in [1.807, 2.05) is 37.0 Å². The van der Waals surface area contributed by atoms with Crippen LogP contribution in [0.4, 0.5) is 26.3 Å². The lowest BCUT2D eigenvalue weighted by Gasteiger charge is -2.58. The number of halogens is 6. The number of aliphatic hydroxyl groups excluding tert-OH is 1. The Morgan fingerprint density at radius 1 is 1.13 bits per heavy atom. The lowest BCUT2D eigenvalue weighted by molar-refractivity contribution is -0.149. The molecule has 39 heavy (non-hydrogen) atoms. The predicted octanol–water partition coefficient (Wildman–Crippen LogP) is 5.82. The van der Waals surface area contributed by atoms with E-state index in [-0.39, 0.29) is 43.2 Å². The minimum Gasteiger partial charge on any atom is -0.394 e. The molecular formula is C28H34F6N2O3. The SMILES string of the molecule is C=C(/C=C\C=C/C)[C@H](C)[C@]1(CO[C@H](C)c2cc(C(F)(F)F)cc(C(F)(F)F)c2)CC[C@]2(CO)CN1CC(=O)N2. The maximum Gasteiger partial charge on any atom is 0.416 e. The molecule has 0 spiro atoms. The summed E-state index contributed by atoms with van der Waals surface area (Å²) in [6, 6.07) is 1.42. The number of carbonyl (C=O) groups excluding carboxylic acids is 1. The zero-order valence-corrected chi connectivity index (χ0v) is 22.1. The molecule has 0 aliphatic carbocycles. The van der Waals surface area contributed by atoms with E-state index >= 15 is 0 Å². The van der Waals surface area contributed by atoms with Gasteiger partial charge in [0.15, 0.2) is 0 Å². The van der Waals surface area contributed by atoms with Crippen LogP contribution in [-0.2, 0) is 21.9 Å².